The molecule has 1 amide bonds. The fourth-order valence-corrected chi connectivity index (χ4v) is 4.91. The lowest BCUT2D eigenvalue weighted by Crippen LogP contribution is -2.14. The van der Waals surface area contributed by atoms with Crippen molar-refractivity contribution >= 4 is 45.0 Å². The van der Waals surface area contributed by atoms with E-state index < -0.39 is 0 Å². The van der Waals surface area contributed by atoms with Gasteiger partial charge in [0, 0.05) is 33.7 Å². The predicted octanol–water partition coefficient (Wildman–Crippen LogP) is 4.92. The zero-order valence-electron chi connectivity index (χ0n) is 17.9. The van der Waals surface area contributed by atoms with E-state index in [0.717, 1.165) is 33.6 Å². The average Bonchev–Trinajstić information content (AvgIpc) is 3.55. The number of anilines is 1. The lowest BCUT2D eigenvalue weighted by molar-refractivity contribution is -0.113. The second-order valence-electron chi connectivity index (χ2n) is 7.22. The van der Waals surface area contributed by atoms with E-state index in [-0.39, 0.29) is 11.7 Å². The van der Waals surface area contributed by atoms with Gasteiger partial charge in [-0.3, -0.25) is 9.36 Å². The van der Waals surface area contributed by atoms with Crippen LogP contribution in [0.25, 0.3) is 28.0 Å². The molecule has 0 spiro atoms. The SMILES string of the molecule is COc1ccc(-n2c(SCC(=O)Nc3nc(C)cs3)nnc2-c2c[nH]c3ccccc23)cc1. The molecule has 0 saturated heterocycles. The monoisotopic (exact) mass is 476 g/mol. The van der Waals surface area contributed by atoms with Crippen LogP contribution in [0, 0.1) is 6.92 Å². The summed E-state index contributed by atoms with van der Waals surface area (Å²) in [6, 6.07) is 15.7. The van der Waals surface area contributed by atoms with Gasteiger partial charge in [0.25, 0.3) is 0 Å². The molecule has 0 aliphatic heterocycles. The third-order valence-corrected chi connectivity index (χ3v) is 6.80. The number of H-pyrrole nitrogens is 1. The molecule has 5 rings (SSSR count). The number of nitrogens with one attached hydrogen (secondary N) is 2. The Bertz CT molecular complexity index is 1420. The minimum atomic E-state index is -0.146. The molecule has 3 heterocycles. The molecule has 0 aliphatic rings. The normalized spacial score (nSPS) is 11.1. The summed E-state index contributed by atoms with van der Waals surface area (Å²) in [5, 5.41) is 15.9. The number of benzene rings is 2. The minimum absolute atomic E-state index is 0.146. The van der Waals surface area contributed by atoms with Gasteiger partial charge in [-0.05, 0) is 37.3 Å². The summed E-state index contributed by atoms with van der Waals surface area (Å²) in [4.78, 5) is 20.1. The zero-order valence-corrected chi connectivity index (χ0v) is 19.5. The Balaban J connectivity index is 1.49. The Labute approximate surface area is 198 Å². The predicted molar refractivity (Wildman–Crippen MR) is 131 cm³/mol. The highest BCUT2D eigenvalue weighted by atomic mass is 32.2. The van der Waals surface area contributed by atoms with E-state index in [1.807, 2.05) is 71.6 Å². The third kappa shape index (κ3) is 4.35. The van der Waals surface area contributed by atoms with Gasteiger partial charge in [0.1, 0.15) is 5.75 Å². The summed E-state index contributed by atoms with van der Waals surface area (Å²) in [5.41, 5.74) is 3.71. The second kappa shape index (κ2) is 9.08. The maximum absolute atomic E-state index is 12.5. The quantitative estimate of drug-likeness (QED) is 0.324. The van der Waals surface area contributed by atoms with E-state index in [1.165, 1.54) is 23.1 Å². The van der Waals surface area contributed by atoms with Crippen LogP contribution in [-0.2, 0) is 4.79 Å². The van der Waals surface area contributed by atoms with Crippen LogP contribution in [0.1, 0.15) is 5.69 Å². The molecule has 0 radical (unpaired) electrons. The number of aromatic amines is 1. The number of para-hydroxylation sites is 1. The highest BCUT2D eigenvalue weighted by molar-refractivity contribution is 7.99. The van der Waals surface area contributed by atoms with Gasteiger partial charge in [-0.1, -0.05) is 30.0 Å². The van der Waals surface area contributed by atoms with Gasteiger partial charge in [0.2, 0.25) is 5.91 Å². The number of rotatable bonds is 7. The van der Waals surface area contributed by atoms with E-state index >= 15 is 0 Å². The Hall–Kier alpha value is -3.63. The number of fused-ring (bicyclic) bond motifs is 1. The number of aryl methyl sites for hydroxylation is 1. The minimum Gasteiger partial charge on any atom is -0.497 e. The molecule has 0 bridgehead atoms. The van der Waals surface area contributed by atoms with Gasteiger partial charge < -0.3 is 15.0 Å². The summed E-state index contributed by atoms with van der Waals surface area (Å²) in [5.74, 6) is 1.48. The summed E-state index contributed by atoms with van der Waals surface area (Å²) >= 11 is 2.73. The lowest BCUT2D eigenvalue weighted by Gasteiger charge is -2.11. The number of thioether (sulfide) groups is 1. The van der Waals surface area contributed by atoms with Crippen LogP contribution in [-0.4, -0.2) is 43.5 Å². The van der Waals surface area contributed by atoms with Crippen molar-refractivity contribution in [3.63, 3.8) is 0 Å². The summed E-state index contributed by atoms with van der Waals surface area (Å²) in [7, 11) is 1.63. The second-order valence-corrected chi connectivity index (χ2v) is 9.02. The summed E-state index contributed by atoms with van der Waals surface area (Å²) < 4.78 is 7.26. The first kappa shape index (κ1) is 21.2. The van der Waals surface area contributed by atoms with Gasteiger partial charge >= 0.3 is 0 Å². The maximum Gasteiger partial charge on any atom is 0.236 e. The highest BCUT2D eigenvalue weighted by Gasteiger charge is 2.20. The van der Waals surface area contributed by atoms with Crippen molar-refractivity contribution in [1.82, 2.24) is 24.7 Å². The Morgan fingerprint density at radius 1 is 1.18 bits per heavy atom. The van der Waals surface area contributed by atoms with Crippen LogP contribution in [0.15, 0.2) is 65.3 Å². The number of nitrogens with zero attached hydrogens (tertiary/aromatic N) is 4. The standard InChI is InChI=1S/C23H20N6O2S2/c1-14-12-32-22(25-14)26-20(30)13-33-23-28-27-21(18-11-24-19-6-4-3-5-17(18)19)29(23)15-7-9-16(31-2)10-8-15/h3-12,24H,13H2,1-2H3,(H,25,26,30). The molecule has 2 aromatic carbocycles. The first-order chi connectivity index (χ1) is 16.1. The number of ether oxygens (including phenoxy) is 1. The van der Waals surface area contributed by atoms with Crippen molar-refractivity contribution in [1.29, 1.82) is 0 Å². The van der Waals surface area contributed by atoms with Crippen LogP contribution < -0.4 is 10.1 Å². The van der Waals surface area contributed by atoms with Gasteiger partial charge in [0.05, 0.1) is 18.6 Å². The average molecular weight is 477 g/mol. The van der Waals surface area contributed by atoms with Gasteiger partial charge in [0.15, 0.2) is 16.1 Å². The summed E-state index contributed by atoms with van der Waals surface area (Å²) in [6.45, 7) is 1.89. The maximum atomic E-state index is 12.5. The third-order valence-electron chi connectivity index (χ3n) is 4.99. The van der Waals surface area contributed by atoms with Gasteiger partial charge in [-0.2, -0.15) is 0 Å². The molecule has 2 N–H and O–H groups in total. The largest absolute Gasteiger partial charge is 0.497 e. The molecule has 0 fully saturated rings. The number of methoxy groups -OCH3 is 1. The van der Waals surface area contributed by atoms with Crippen molar-refractivity contribution in [2.24, 2.45) is 0 Å². The number of aromatic nitrogens is 5. The molecular formula is C23H20N6O2S2. The lowest BCUT2D eigenvalue weighted by atomic mass is 10.1. The van der Waals surface area contributed by atoms with Crippen LogP contribution in [0.5, 0.6) is 5.75 Å². The Morgan fingerprint density at radius 3 is 2.76 bits per heavy atom. The van der Waals surface area contributed by atoms with Crippen LogP contribution in [0.2, 0.25) is 0 Å². The topological polar surface area (TPSA) is 97.7 Å². The van der Waals surface area contributed by atoms with Crippen molar-refractivity contribution in [2.45, 2.75) is 12.1 Å². The molecule has 166 valence electrons. The van der Waals surface area contributed by atoms with E-state index in [4.69, 9.17) is 4.74 Å². The van der Waals surface area contributed by atoms with E-state index in [0.29, 0.717) is 16.1 Å². The number of carbonyl (C=O) groups is 1. The highest BCUT2D eigenvalue weighted by Crippen LogP contribution is 2.33. The number of thiazole rings is 1. The molecule has 33 heavy (non-hydrogen) atoms. The van der Waals surface area contributed by atoms with Crippen LogP contribution >= 0.6 is 23.1 Å². The molecule has 0 unspecified atom stereocenters. The zero-order chi connectivity index (χ0) is 22.8. The van der Waals surface area contributed by atoms with E-state index in [2.05, 4.69) is 25.5 Å². The smallest absolute Gasteiger partial charge is 0.236 e. The molecular weight excluding hydrogens is 456 g/mol. The van der Waals surface area contributed by atoms with E-state index in [9.17, 15) is 4.79 Å². The van der Waals surface area contributed by atoms with Crippen LogP contribution in [0.4, 0.5) is 5.13 Å². The molecule has 10 heteroatoms. The number of hydrogen-bond acceptors (Lipinski definition) is 7. The van der Waals surface area contributed by atoms with Gasteiger partial charge in [-0.25, -0.2) is 4.98 Å². The number of carbonyl (C=O) groups excluding carboxylic acids is 1. The molecule has 0 saturated carbocycles. The molecule has 5 aromatic rings. The van der Waals surface area contributed by atoms with Gasteiger partial charge in [-0.15, -0.1) is 21.5 Å². The van der Waals surface area contributed by atoms with Crippen LogP contribution in [0.3, 0.4) is 0 Å². The summed E-state index contributed by atoms with van der Waals surface area (Å²) in [6.07, 6.45) is 1.93. The van der Waals surface area contributed by atoms with Crippen molar-refractivity contribution in [3.8, 4) is 22.8 Å². The fraction of sp³-hybridized carbons (Fsp3) is 0.130. The number of hydrogen-bond donors (Lipinski definition) is 2. The van der Waals surface area contributed by atoms with Crippen molar-refractivity contribution in [3.05, 3.63) is 65.8 Å². The molecule has 0 atom stereocenters. The fourth-order valence-electron chi connectivity index (χ4n) is 3.46. The van der Waals surface area contributed by atoms with Crippen molar-refractivity contribution < 1.29 is 9.53 Å². The molecule has 3 aromatic heterocycles. The Kier molecular flexibility index (Phi) is 5.84. The molecule has 0 aliphatic carbocycles. The van der Waals surface area contributed by atoms with E-state index in [1.54, 1.807) is 7.11 Å². The first-order valence-corrected chi connectivity index (χ1v) is 12.0. The van der Waals surface area contributed by atoms with Crippen molar-refractivity contribution in [2.75, 3.05) is 18.2 Å². The molecule has 8 nitrogen and oxygen atoms in total. The first-order valence-electron chi connectivity index (χ1n) is 10.1. The Morgan fingerprint density at radius 2 is 2.00 bits per heavy atom. The number of amides is 1.